The SMILES string of the molecule is O=Cc1cccc2ccn(Cc3cncn3C3CC3)c12. The summed E-state index contributed by atoms with van der Waals surface area (Å²) in [6, 6.07) is 8.51. The van der Waals surface area contributed by atoms with Gasteiger partial charge in [-0.05, 0) is 25.0 Å². The fraction of sp³-hybridized carbons (Fsp3) is 0.250. The van der Waals surface area contributed by atoms with Gasteiger partial charge >= 0.3 is 0 Å². The monoisotopic (exact) mass is 265 g/mol. The molecule has 4 nitrogen and oxygen atoms in total. The van der Waals surface area contributed by atoms with E-state index in [9.17, 15) is 4.79 Å². The van der Waals surface area contributed by atoms with E-state index in [4.69, 9.17) is 0 Å². The van der Waals surface area contributed by atoms with Crippen LogP contribution in [0.15, 0.2) is 43.0 Å². The molecule has 3 aromatic rings. The average molecular weight is 265 g/mol. The number of rotatable bonds is 4. The molecule has 0 amide bonds. The number of aldehydes is 1. The van der Waals surface area contributed by atoms with Crippen molar-refractivity contribution in [3.63, 3.8) is 0 Å². The van der Waals surface area contributed by atoms with Gasteiger partial charge in [0.25, 0.3) is 0 Å². The minimum atomic E-state index is 0.625. The van der Waals surface area contributed by atoms with Crippen LogP contribution in [-0.2, 0) is 6.54 Å². The van der Waals surface area contributed by atoms with Crippen molar-refractivity contribution in [2.24, 2.45) is 0 Å². The Hall–Kier alpha value is -2.36. The van der Waals surface area contributed by atoms with E-state index in [0.29, 0.717) is 6.04 Å². The Bertz CT molecular complexity index is 780. The van der Waals surface area contributed by atoms with Crippen LogP contribution < -0.4 is 0 Å². The molecule has 4 heteroatoms. The number of carbonyl (C=O) groups is 1. The van der Waals surface area contributed by atoms with Crippen LogP contribution in [-0.4, -0.2) is 20.4 Å². The van der Waals surface area contributed by atoms with Crippen LogP contribution in [0.25, 0.3) is 10.9 Å². The summed E-state index contributed by atoms with van der Waals surface area (Å²) in [7, 11) is 0. The van der Waals surface area contributed by atoms with Gasteiger partial charge in [0.15, 0.2) is 6.29 Å². The van der Waals surface area contributed by atoms with E-state index in [0.717, 1.165) is 29.3 Å². The van der Waals surface area contributed by atoms with E-state index in [1.165, 1.54) is 18.5 Å². The number of benzene rings is 1. The average Bonchev–Trinajstić information content (AvgIpc) is 3.08. The van der Waals surface area contributed by atoms with Gasteiger partial charge in [0.2, 0.25) is 0 Å². The number of hydrogen-bond donors (Lipinski definition) is 0. The first-order chi connectivity index (χ1) is 9.86. The zero-order valence-electron chi connectivity index (χ0n) is 11.1. The van der Waals surface area contributed by atoms with Gasteiger partial charge in [-0.1, -0.05) is 12.1 Å². The Morgan fingerprint density at radius 3 is 3.00 bits per heavy atom. The molecular formula is C16H15N3O. The summed E-state index contributed by atoms with van der Waals surface area (Å²) in [6.07, 6.45) is 9.30. The molecule has 0 spiro atoms. The first-order valence-electron chi connectivity index (χ1n) is 6.90. The molecule has 20 heavy (non-hydrogen) atoms. The third kappa shape index (κ3) is 1.76. The van der Waals surface area contributed by atoms with Crippen LogP contribution in [0.2, 0.25) is 0 Å². The Morgan fingerprint density at radius 2 is 2.20 bits per heavy atom. The van der Waals surface area contributed by atoms with E-state index in [1.807, 2.05) is 36.9 Å². The minimum Gasteiger partial charge on any atom is -0.341 e. The first kappa shape index (κ1) is 11.5. The molecule has 0 atom stereocenters. The third-order valence-electron chi connectivity index (χ3n) is 3.97. The third-order valence-corrected chi connectivity index (χ3v) is 3.97. The van der Waals surface area contributed by atoms with E-state index >= 15 is 0 Å². The zero-order chi connectivity index (χ0) is 13.5. The second-order valence-corrected chi connectivity index (χ2v) is 5.37. The number of hydrogen-bond acceptors (Lipinski definition) is 2. The van der Waals surface area contributed by atoms with E-state index in [1.54, 1.807) is 0 Å². The summed E-state index contributed by atoms with van der Waals surface area (Å²) >= 11 is 0. The lowest BCUT2D eigenvalue weighted by atomic mass is 10.1. The van der Waals surface area contributed by atoms with Gasteiger partial charge in [-0.15, -0.1) is 0 Å². The molecule has 100 valence electrons. The highest BCUT2D eigenvalue weighted by Crippen LogP contribution is 2.36. The zero-order valence-corrected chi connectivity index (χ0v) is 11.1. The van der Waals surface area contributed by atoms with Gasteiger partial charge in [-0.25, -0.2) is 4.98 Å². The van der Waals surface area contributed by atoms with Gasteiger partial charge in [-0.3, -0.25) is 4.79 Å². The Kier molecular flexibility index (Phi) is 2.49. The van der Waals surface area contributed by atoms with Crippen molar-refractivity contribution < 1.29 is 4.79 Å². The summed E-state index contributed by atoms with van der Waals surface area (Å²) in [5.74, 6) is 0. The maximum Gasteiger partial charge on any atom is 0.152 e. The summed E-state index contributed by atoms with van der Waals surface area (Å²) < 4.78 is 4.39. The maximum absolute atomic E-state index is 11.2. The second kappa shape index (κ2) is 4.34. The molecule has 0 unspecified atom stereocenters. The normalized spacial score (nSPS) is 14.8. The molecule has 1 aliphatic carbocycles. The van der Waals surface area contributed by atoms with Crippen molar-refractivity contribution >= 4 is 17.2 Å². The van der Waals surface area contributed by atoms with Gasteiger partial charge in [0.05, 0.1) is 24.1 Å². The standard InChI is InChI=1S/C16H15N3O/c20-10-13-3-1-2-12-6-7-18(16(12)13)9-15-8-17-11-19(15)14-4-5-14/h1-3,6-8,10-11,14H,4-5,9H2. The number of carbonyl (C=O) groups excluding carboxylic acids is 1. The quantitative estimate of drug-likeness (QED) is 0.680. The molecule has 0 saturated heterocycles. The fourth-order valence-corrected chi connectivity index (χ4v) is 2.83. The molecular weight excluding hydrogens is 250 g/mol. The number of nitrogens with zero attached hydrogens (tertiary/aromatic N) is 3. The van der Waals surface area contributed by atoms with Crippen LogP contribution in [0.5, 0.6) is 0 Å². The largest absolute Gasteiger partial charge is 0.341 e. The number of para-hydroxylation sites is 1. The van der Waals surface area contributed by atoms with Gasteiger partial charge in [-0.2, -0.15) is 0 Å². The molecule has 0 N–H and O–H groups in total. The first-order valence-corrected chi connectivity index (χ1v) is 6.90. The van der Waals surface area contributed by atoms with Crippen LogP contribution >= 0.6 is 0 Å². The van der Waals surface area contributed by atoms with E-state index < -0.39 is 0 Å². The second-order valence-electron chi connectivity index (χ2n) is 5.37. The van der Waals surface area contributed by atoms with Crippen LogP contribution in [0.1, 0.15) is 34.9 Å². The molecule has 4 rings (SSSR count). The Morgan fingerprint density at radius 1 is 1.30 bits per heavy atom. The predicted octanol–water partition coefficient (Wildman–Crippen LogP) is 3.03. The fourth-order valence-electron chi connectivity index (χ4n) is 2.83. The van der Waals surface area contributed by atoms with E-state index in [2.05, 4.69) is 20.2 Å². The van der Waals surface area contributed by atoms with Crippen molar-refractivity contribution in [2.45, 2.75) is 25.4 Å². The maximum atomic E-state index is 11.2. The lowest BCUT2D eigenvalue weighted by Gasteiger charge is -2.09. The molecule has 2 aromatic heterocycles. The predicted molar refractivity (Wildman–Crippen MR) is 76.9 cm³/mol. The summed E-state index contributed by atoms with van der Waals surface area (Å²) in [5, 5.41) is 1.10. The van der Waals surface area contributed by atoms with E-state index in [-0.39, 0.29) is 0 Å². The lowest BCUT2D eigenvalue weighted by molar-refractivity contribution is 0.112. The topological polar surface area (TPSA) is 39.8 Å². The molecule has 2 heterocycles. The minimum absolute atomic E-state index is 0.625. The summed E-state index contributed by atoms with van der Waals surface area (Å²) in [5.41, 5.74) is 2.95. The van der Waals surface area contributed by atoms with Gasteiger partial charge in [0, 0.05) is 29.4 Å². The van der Waals surface area contributed by atoms with Crippen molar-refractivity contribution in [1.29, 1.82) is 0 Å². The molecule has 1 fully saturated rings. The van der Waals surface area contributed by atoms with Crippen LogP contribution in [0.4, 0.5) is 0 Å². The number of fused-ring (bicyclic) bond motifs is 1. The van der Waals surface area contributed by atoms with Crippen LogP contribution in [0, 0.1) is 0 Å². The molecule has 1 aromatic carbocycles. The van der Waals surface area contributed by atoms with Gasteiger partial charge < -0.3 is 9.13 Å². The molecule has 1 aliphatic rings. The summed E-state index contributed by atoms with van der Waals surface area (Å²) in [4.78, 5) is 15.5. The number of aromatic nitrogens is 3. The highest BCUT2D eigenvalue weighted by Gasteiger charge is 2.25. The molecule has 0 radical (unpaired) electrons. The summed E-state index contributed by atoms with van der Waals surface area (Å²) in [6.45, 7) is 0.755. The Balaban J connectivity index is 1.78. The van der Waals surface area contributed by atoms with Crippen molar-refractivity contribution in [3.8, 4) is 0 Å². The highest BCUT2D eigenvalue weighted by atomic mass is 16.1. The molecule has 1 saturated carbocycles. The van der Waals surface area contributed by atoms with Crippen molar-refractivity contribution in [3.05, 3.63) is 54.2 Å². The Labute approximate surface area is 116 Å². The highest BCUT2D eigenvalue weighted by molar-refractivity contribution is 5.96. The van der Waals surface area contributed by atoms with Crippen molar-refractivity contribution in [2.75, 3.05) is 0 Å². The van der Waals surface area contributed by atoms with Crippen molar-refractivity contribution in [1.82, 2.24) is 14.1 Å². The lowest BCUT2D eigenvalue weighted by Crippen LogP contribution is -2.05. The van der Waals surface area contributed by atoms with Gasteiger partial charge in [0.1, 0.15) is 0 Å². The number of imidazole rings is 1. The smallest absolute Gasteiger partial charge is 0.152 e. The van der Waals surface area contributed by atoms with Crippen LogP contribution in [0.3, 0.4) is 0 Å². The molecule has 0 bridgehead atoms. The molecule has 0 aliphatic heterocycles.